The third-order valence-electron chi connectivity index (χ3n) is 6.36. The Morgan fingerprint density at radius 2 is 2.00 bits per heavy atom. The van der Waals surface area contributed by atoms with Crippen molar-refractivity contribution in [1.82, 2.24) is 10.6 Å². The van der Waals surface area contributed by atoms with E-state index >= 15 is 0 Å². The summed E-state index contributed by atoms with van der Waals surface area (Å²) in [4.78, 5) is 1.09. The van der Waals surface area contributed by atoms with Crippen molar-refractivity contribution in [3.8, 4) is 0 Å². The number of thiophene rings is 1. The number of aliphatic hydroxyl groups is 4. The van der Waals surface area contributed by atoms with Gasteiger partial charge in [0, 0.05) is 24.4 Å². The third-order valence-corrected chi connectivity index (χ3v) is 7.24. The van der Waals surface area contributed by atoms with E-state index in [2.05, 4.69) is 10.6 Å². The summed E-state index contributed by atoms with van der Waals surface area (Å²) in [5.41, 5.74) is 4.22. The van der Waals surface area contributed by atoms with Crippen LogP contribution in [0.25, 0.3) is 0 Å². The van der Waals surface area contributed by atoms with Crippen LogP contribution in [0.4, 0.5) is 0 Å². The van der Waals surface area contributed by atoms with Crippen molar-refractivity contribution in [1.29, 1.82) is 0 Å². The molecule has 2 aliphatic heterocycles. The van der Waals surface area contributed by atoms with Gasteiger partial charge in [-0.15, -0.1) is 11.3 Å². The number of nitrogens with one attached hydrogen (secondary N) is 2. The molecule has 0 bridgehead atoms. The van der Waals surface area contributed by atoms with Gasteiger partial charge in [0.15, 0.2) is 0 Å². The Balaban J connectivity index is 1.58. The SMILES string of the molecule is CN[C@H]1[C@@H](O)[C@@H](N)[C@H](O)C2O[C@@H]3O[C@H](C)C[C@@](O)(CNCc4cccs4)[C@]3(O)O[C@@H]21. The minimum absolute atomic E-state index is 0.0290. The number of likely N-dealkylation sites (N-methyl/N-ethyl adjacent to an activating group) is 1. The van der Waals surface area contributed by atoms with Gasteiger partial charge in [-0.2, -0.15) is 0 Å². The lowest BCUT2D eigenvalue weighted by Gasteiger charge is -2.60. The molecule has 8 N–H and O–H groups in total. The van der Waals surface area contributed by atoms with Crippen LogP contribution in [0.15, 0.2) is 17.5 Å². The summed E-state index contributed by atoms with van der Waals surface area (Å²) in [5, 5.41) is 52.1. The highest BCUT2D eigenvalue weighted by molar-refractivity contribution is 7.09. The van der Waals surface area contributed by atoms with Gasteiger partial charge in [-0.05, 0) is 25.4 Å². The molecule has 11 heteroatoms. The van der Waals surface area contributed by atoms with E-state index in [1.54, 1.807) is 25.3 Å². The van der Waals surface area contributed by atoms with Crippen LogP contribution >= 0.6 is 11.3 Å². The molecule has 3 aliphatic rings. The van der Waals surface area contributed by atoms with Crippen LogP contribution in [-0.4, -0.2) is 94.3 Å². The smallest absolute Gasteiger partial charge is 0.249 e. The highest BCUT2D eigenvalue weighted by Crippen LogP contribution is 2.46. The van der Waals surface area contributed by atoms with Crippen LogP contribution in [0.1, 0.15) is 18.2 Å². The molecule has 10 atom stereocenters. The second-order valence-electron chi connectivity index (χ2n) is 8.45. The Hall–Kier alpha value is -0.700. The first-order valence-electron chi connectivity index (χ1n) is 10.2. The molecular formula is C19H31N3O7S. The first kappa shape index (κ1) is 22.5. The summed E-state index contributed by atoms with van der Waals surface area (Å²) >= 11 is 1.59. The zero-order valence-electron chi connectivity index (χ0n) is 17.0. The normalized spacial score (nSPS) is 48.8. The van der Waals surface area contributed by atoms with Crippen LogP contribution in [0.2, 0.25) is 0 Å². The monoisotopic (exact) mass is 445 g/mol. The Kier molecular flexibility index (Phi) is 6.25. The first-order valence-corrected chi connectivity index (χ1v) is 11.0. The van der Waals surface area contributed by atoms with Gasteiger partial charge in [0.2, 0.25) is 12.1 Å². The maximum Gasteiger partial charge on any atom is 0.249 e. The van der Waals surface area contributed by atoms with E-state index in [-0.39, 0.29) is 13.0 Å². The van der Waals surface area contributed by atoms with Gasteiger partial charge in [-0.3, -0.25) is 0 Å². The standard InChI is InChI=1S/C19H31N3O7S/c1-9-6-18(25,8-22-7-10-4-3-5-30-10)19(26)17(27-9)28-16-14(24)11(20)13(23)12(21-2)15(16)29-19/h3-5,9,11-17,21-26H,6-8,20H2,1-2H3/t9-,11-,12+,13+,14+,15-,16?,17+,18-,19-/m1/s1. The van der Waals surface area contributed by atoms with Gasteiger partial charge in [-0.25, -0.2) is 0 Å². The second-order valence-corrected chi connectivity index (χ2v) is 9.48. The van der Waals surface area contributed by atoms with E-state index in [0.29, 0.717) is 6.54 Å². The zero-order chi connectivity index (χ0) is 21.7. The molecule has 3 fully saturated rings. The van der Waals surface area contributed by atoms with E-state index in [1.165, 1.54) is 0 Å². The second kappa shape index (κ2) is 8.34. The zero-order valence-corrected chi connectivity index (χ0v) is 17.8. The molecule has 0 amide bonds. The lowest BCUT2D eigenvalue weighted by Crippen LogP contribution is -2.81. The summed E-state index contributed by atoms with van der Waals surface area (Å²) in [7, 11) is 1.61. The number of fused-ring (bicyclic) bond motifs is 2. The predicted molar refractivity (Wildman–Crippen MR) is 107 cm³/mol. The van der Waals surface area contributed by atoms with Crippen molar-refractivity contribution in [3.63, 3.8) is 0 Å². The Morgan fingerprint density at radius 1 is 1.23 bits per heavy atom. The van der Waals surface area contributed by atoms with Crippen LogP contribution in [0.5, 0.6) is 0 Å². The van der Waals surface area contributed by atoms with E-state index < -0.39 is 60.3 Å². The highest BCUT2D eigenvalue weighted by Gasteiger charge is 2.68. The topological polar surface area (TPSA) is 159 Å². The van der Waals surface area contributed by atoms with Crippen LogP contribution in [0, 0.1) is 0 Å². The van der Waals surface area contributed by atoms with Crippen molar-refractivity contribution in [2.75, 3.05) is 13.6 Å². The van der Waals surface area contributed by atoms with Gasteiger partial charge in [0.1, 0.15) is 23.9 Å². The lowest BCUT2D eigenvalue weighted by molar-refractivity contribution is -0.481. The van der Waals surface area contributed by atoms with E-state index in [9.17, 15) is 20.4 Å². The molecule has 1 saturated carbocycles. The van der Waals surface area contributed by atoms with E-state index in [4.69, 9.17) is 19.9 Å². The summed E-state index contributed by atoms with van der Waals surface area (Å²) in [6.07, 6.45) is -5.92. The molecule has 10 nitrogen and oxygen atoms in total. The van der Waals surface area contributed by atoms with Crippen molar-refractivity contribution in [3.05, 3.63) is 22.4 Å². The van der Waals surface area contributed by atoms with Crippen molar-refractivity contribution < 1.29 is 34.6 Å². The van der Waals surface area contributed by atoms with Crippen molar-refractivity contribution in [2.45, 2.75) is 80.2 Å². The minimum Gasteiger partial charge on any atom is -0.390 e. The maximum absolute atomic E-state index is 11.5. The van der Waals surface area contributed by atoms with Crippen molar-refractivity contribution in [2.24, 2.45) is 5.73 Å². The fraction of sp³-hybridized carbons (Fsp3) is 0.789. The number of ether oxygens (including phenoxy) is 3. The highest BCUT2D eigenvalue weighted by atomic mass is 32.1. The molecule has 1 aromatic rings. The van der Waals surface area contributed by atoms with Crippen LogP contribution in [0.3, 0.4) is 0 Å². The predicted octanol–water partition coefficient (Wildman–Crippen LogP) is -2.17. The number of hydrogen-bond donors (Lipinski definition) is 7. The van der Waals surface area contributed by atoms with E-state index in [0.717, 1.165) is 4.88 Å². The quantitative estimate of drug-likeness (QED) is 0.266. The number of aliphatic hydroxyl groups excluding tert-OH is 2. The van der Waals surface area contributed by atoms with Gasteiger partial charge >= 0.3 is 0 Å². The maximum atomic E-state index is 11.5. The summed E-state index contributed by atoms with van der Waals surface area (Å²) < 4.78 is 17.7. The summed E-state index contributed by atoms with van der Waals surface area (Å²) in [6.45, 7) is 2.32. The molecule has 2 saturated heterocycles. The molecule has 1 unspecified atom stereocenters. The molecule has 4 rings (SSSR count). The molecule has 0 spiro atoms. The Morgan fingerprint density at radius 3 is 2.67 bits per heavy atom. The molecule has 3 heterocycles. The van der Waals surface area contributed by atoms with Gasteiger partial charge in [0.25, 0.3) is 0 Å². The third kappa shape index (κ3) is 3.61. The summed E-state index contributed by atoms with van der Waals surface area (Å²) in [6, 6.07) is 2.23. The fourth-order valence-corrected chi connectivity index (χ4v) is 5.40. The average Bonchev–Trinajstić information content (AvgIpc) is 3.20. The fourth-order valence-electron chi connectivity index (χ4n) is 4.72. The van der Waals surface area contributed by atoms with Gasteiger partial charge < -0.3 is 51.0 Å². The molecule has 1 aliphatic carbocycles. The lowest BCUT2D eigenvalue weighted by atomic mass is 9.78. The van der Waals surface area contributed by atoms with Crippen molar-refractivity contribution >= 4 is 11.3 Å². The van der Waals surface area contributed by atoms with Crippen LogP contribution < -0.4 is 16.4 Å². The van der Waals surface area contributed by atoms with Crippen LogP contribution in [-0.2, 0) is 20.8 Å². The van der Waals surface area contributed by atoms with E-state index in [1.807, 2.05) is 17.5 Å². The molecule has 0 radical (unpaired) electrons. The molecule has 30 heavy (non-hydrogen) atoms. The largest absolute Gasteiger partial charge is 0.390 e. The molecule has 1 aromatic heterocycles. The Bertz CT molecular complexity index is 727. The number of hydrogen-bond acceptors (Lipinski definition) is 11. The molecule has 170 valence electrons. The molecular weight excluding hydrogens is 414 g/mol. The minimum atomic E-state index is -2.21. The van der Waals surface area contributed by atoms with Gasteiger partial charge in [-0.1, -0.05) is 6.07 Å². The Labute approximate surface area is 178 Å². The average molecular weight is 446 g/mol. The first-order chi connectivity index (χ1) is 14.2. The summed E-state index contributed by atoms with van der Waals surface area (Å²) in [5.74, 6) is -2.21. The van der Waals surface area contributed by atoms with Gasteiger partial charge in [0.05, 0.1) is 24.3 Å². The molecule has 0 aromatic carbocycles. The number of rotatable bonds is 5. The number of nitrogens with two attached hydrogens (primary N) is 1.